The second-order valence-corrected chi connectivity index (χ2v) is 6.29. The summed E-state index contributed by atoms with van der Waals surface area (Å²) in [6, 6.07) is 8.17. The summed E-state index contributed by atoms with van der Waals surface area (Å²) in [6.45, 7) is 0.348. The summed E-state index contributed by atoms with van der Waals surface area (Å²) in [7, 11) is 1.77. The van der Waals surface area contributed by atoms with Gasteiger partial charge in [-0.05, 0) is 37.6 Å². The third-order valence-electron chi connectivity index (χ3n) is 3.34. The highest BCUT2D eigenvalue weighted by Crippen LogP contribution is 2.31. The first-order valence-electron chi connectivity index (χ1n) is 6.93. The van der Waals surface area contributed by atoms with Crippen molar-refractivity contribution in [3.63, 3.8) is 0 Å². The Balaban J connectivity index is 0.00000200. The van der Waals surface area contributed by atoms with Gasteiger partial charge in [0.15, 0.2) is 0 Å². The van der Waals surface area contributed by atoms with Crippen LogP contribution in [0, 0.1) is 0 Å². The number of nitrogens with one attached hydrogen (secondary N) is 2. The Morgan fingerprint density at radius 3 is 2.80 bits per heavy atom. The molecule has 0 spiro atoms. The van der Waals surface area contributed by atoms with Crippen LogP contribution >= 0.6 is 24.2 Å². The molecule has 0 aliphatic heterocycles. The van der Waals surface area contributed by atoms with Crippen LogP contribution in [0.2, 0.25) is 0 Å². The Hall–Kier alpha value is -0.710. The summed E-state index contributed by atoms with van der Waals surface area (Å²) in [5, 5.41) is 6.58. The molecule has 2 N–H and O–H groups in total. The van der Waals surface area contributed by atoms with Gasteiger partial charge in [-0.15, -0.1) is 12.4 Å². The Morgan fingerprint density at radius 2 is 2.10 bits per heavy atom. The predicted molar refractivity (Wildman–Crippen MR) is 89.8 cm³/mol. The topological polar surface area (TPSA) is 41.1 Å². The Morgan fingerprint density at radius 1 is 1.35 bits per heavy atom. The monoisotopic (exact) mass is 314 g/mol. The molecule has 0 saturated heterocycles. The standard InChI is InChI=1S/C15H22N2OS.ClH/c1-16-10-15(18)17-13-6-4-5-12(9-13)11-19-14-7-2-3-8-14;/h4-6,9,14,16H,2-3,7-8,10-11H2,1H3,(H,17,18);1H. The quantitative estimate of drug-likeness (QED) is 0.845. The minimum absolute atomic E-state index is 0. The fourth-order valence-corrected chi connectivity index (χ4v) is 3.65. The van der Waals surface area contributed by atoms with E-state index < -0.39 is 0 Å². The van der Waals surface area contributed by atoms with E-state index in [4.69, 9.17) is 0 Å². The van der Waals surface area contributed by atoms with Crippen molar-refractivity contribution < 1.29 is 4.79 Å². The van der Waals surface area contributed by atoms with Gasteiger partial charge in [0.25, 0.3) is 0 Å². The lowest BCUT2D eigenvalue weighted by Gasteiger charge is -2.10. The zero-order valence-corrected chi connectivity index (χ0v) is 13.5. The second-order valence-electron chi connectivity index (χ2n) is 5.00. The van der Waals surface area contributed by atoms with Crippen molar-refractivity contribution in [1.29, 1.82) is 0 Å². The molecule has 0 unspecified atom stereocenters. The molecule has 0 heterocycles. The first-order valence-corrected chi connectivity index (χ1v) is 7.98. The number of anilines is 1. The molecule has 112 valence electrons. The van der Waals surface area contributed by atoms with Gasteiger partial charge >= 0.3 is 0 Å². The van der Waals surface area contributed by atoms with E-state index in [1.54, 1.807) is 7.05 Å². The van der Waals surface area contributed by atoms with Crippen molar-refractivity contribution in [3.8, 4) is 0 Å². The molecule has 3 nitrogen and oxygen atoms in total. The maximum Gasteiger partial charge on any atom is 0.238 e. The Labute approximate surface area is 131 Å². The van der Waals surface area contributed by atoms with Gasteiger partial charge in [0, 0.05) is 16.7 Å². The van der Waals surface area contributed by atoms with Gasteiger partial charge in [0.05, 0.1) is 6.54 Å². The maximum atomic E-state index is 11.5. The van der Waals surface area contributed by atoms with Crippen molar-refractivity contribution >= 4 is 35.8 Å². The molecule has 20 heavy (non-hydrogen) atoms. The van der Waals surface area contributed by atoms with Crippen LogP contribution in [0.15, 0.2) is 24.3 Å². The molecule has 1 aromatic carbocycles. The largest absolute Gasteiger partial charge is 0.325 e. The molecule has 0 atom stereocenters. The molecule has 0 aromatic heterocycles. The van der Waals surface area contributed by atoms with E-state index in [-0.39, 0.29) is 18.3 Å². The zero-order chi connectivity index (χ0) is 13.5. The number of halogens is 1. The number of thioether (sulfide) groups is 1. The van der Waals surface area contributed by atoms with Gasteiger partial charge in [0.2, 0.25) is 5.91 Å². The van der Waals surface area contributed by atoms with Crippen molar-refractivity contribution in [2.75, 3.05) is 18.9 Å². The Kier molecular flexibility index (Phi) is 8.04. The van der Waals surface area contributed by atoms with E-state index in [1.807, 2.05) is 23.9 Å². The molecule has 1 fully saturated rings. The highest BCUT2D eigenvalue weighted by atomic mass is 35.5. The van der Waals surface area contributed by atoms with E-state index in [9.17, 15) is 4.79 Å². The molecule has 2 rings (SSSR count). The first-order chi connectivity index (χ1) is 9.28. The lowest BCUT2D eigenvalue weighted by molar-refractivity contribution is -0.115. The lowest BCUT2D eigenvalue weighted by Crippen LogP contribution is -2.25. The molecule has 1 aromatic rings. The highest BCUT2D eigenvalue weighted by molar-refractivity contribution is 7.99. The van der Waals surface area contributed by atoms with Crippen molar-refractivity contribution in [2.45, 2.75) is 36.7 Å². The molecule has 0 radical (unpaired) electrons. The maximum absolute atomic E-state index is 11.5. The smallest absolute Gasteiger partial charge is 0.238 e. The molecular weight excluding hydrogens is 292 g/mol. The molecule has 1 aliphatic rings. The van der Waals surface area contributed by atoms with Crippen LogP contribution in [-0.4, -0.2) is 24.7 Å². The number of carbonyl (C=O) groups is 1. The SMILES string of the molecule is CNCC(=O)Nc1cccc(CSC2CCCC2)c1.Cl. The molecule has 5 heteroatoms. The van der Waals surface area contributed by atoms with Crippen molar-refractivity contribution in [3.05, 3.63) is 29.8 Å². The van der Waals surface area contributed by atoms with Gasteiger partial charge in [-0.2, -0.15) is 11.8 Å². The van der Waals surface area contributed by atoms with Gasteiger partial charge < -0.3 is 10.6 Å². The highest BCUT2D eigenvalue weighted by Gasteiger charge is 2.15. The fourth-order valence-electron chi connectivity index (χ4n) is 2.37. The summed E-state index contributed by atoms with van der Waals surface area (Å²) in [4.78, 5) is 11.5. The summed E-state index contributed by atoms with van der Waals surface area (Å²) in [5.74, 6) is 1.04. The number of hydrogen-bond donors (Lipinski definition) is 2. The van der Waals surface area contributed by atoms with Crippen LogP contribution in [0.3, 0.4) is 0 Å². The van der Waals surface area contributed by atoms with Crippen LogP contribution in [0.25, 0.3) is 0 Å². The van der Waals surface area contributed by atoms with Crippen molar-refractivity contribution in [1.82, 2.24) is 5.32 Å². The summed E-state index contributed by atoms with van der Waals surface area (Å²) >= 11 is 2.05. The Bertz CT molecular complexity index is 422. The summed E-state index contributed by atoms with van der Waals surface area (Å²) in [6.07, 6.45) is 5.50. The van der Waals surface area contributed by atoms with E-state index in [0.29, 0.717) is 6.54 Å². The van der Waals surface area contributed by atoms with Crippen molar-refractivity contribution in [2.24, 2.45) is 0 Å². The molecule has 1 saturated carbocycles. The third-order valence-corrected chi connectivity index (χ3v) is 4.78. The molecule has 1 aliphatic carbocycles. The number of carbonyl (C=O) groups excluding carboxylic acids is 1. The number of likely N-dealkylation sites (N-methyl/N-ethyl adjacent to an activating group) is 1. The van der Waals surface area contributed by atoms with Crippen LogP contribution in [0.1, 0.15) is 31.2 Å². The van der Waals surface area contributed by atoms with Gasteiger partial charge in [-0.3, -0.25) is 4.79 Å². The van der Waals surface area contributed by atoms with E-state index in [1.165, 1.54) is 31.2 Å². The fraction of sp³-hybridized carbons (Fsp3) is 0.533. The molecule has 1 amide bonds. The number of rotatable bonds is 6. The number of amides is 1. The first kappa shape index (κ1) is 17.3. The molecule has 0 bridgehead atoms. The van der Waals surface area contributed by atoms with Crippen LogP contribution in [0.4, 0.5) is 5.69 Å². The van der Waals surface area contributed by atoms with Gasteiger partial charge in [0.1, 0.15) is 0 Å². The number of hydrogen-bond acceptors (Lipinski definition) is 3. The van der Waals surface area contributed by atoms with E-state index >= 15 is 0 Å². The normalized spacial score (nSPS) is 14.8. The third kappa shape index (κ3) is 5.73. The minimum atomic E-state index is 0. The average Bonchev–Trinajstić information content (AvgIpc) is 2.90. The van der Waals surface area contributed by atoms with Gasteiger partial charge in [-0.1, -0.05) is 25.0 Å². The van der Waals surface area contributed by atoms with E-state index in [2.05, 4.69) is 22.8 Å². The zero-order valence-electron chi connectivity index (χ0n) is 11.9. The summed E-state index contributed by atoms with van der Waals surface area (Å²) in [5.41, 5.74) is 2.18. The number of benzene rings is 1. The summed E-state index contributed by atoms with van der Waals surface area (Å²) < 4.78 is 0. The minimum Gasteiger partial charge on any atom is -0.325 e. The van der Waals surface area contributed by atoms with E-state index in [0.717, 1.165) is 16.7 Å². The van der Waals surface area contributed by atoms with Crippen LogP contribution < -0.4 is 10.6 Å². The van der Waals surface area contributed by atoms with Crippen LogP contribution in [0.5, 0.6) is 0 Å². The van der Waals surface area contributed by atoms with Crippen LogP contribution in [-0.2, 0) is 10.5 Å². The second kappa shape index (κ2) is 9.27. The predicted octanol–water partition coefficient (Wildman–Crippen LogP) is 3.44. The average molecular weight is 315 g/mol. The van der Waals surface area contributed by atoms with Gasteiger partial charge in [-0.25, -0.2) is 0 Å². The lowest BCUT2D eigenvalue weighted by atomic mass is 10.2. The molecular formula is C15H23ClN2OS.